The van der Waals surface area contributed by atoms with Crippen LogP contribution < -0.4 is 0 Å². The monoisotopic (exact) mass is 958 g/mol. The lowest BCUT2D eigenvalue weighted by Gasteiger charge is -2.43. The quantitative estimate of drug-likeness (QED) is 0.0326. The minimum atomic E-state index is -3.28. The van der Waals surface area contributed by atoms with Gasteiger partial charge in [-0.05, 0) is 101 Å². The van der Waals surface area contributed by atoms with Crippen molar-refractivity contribution in [2.75, 3.05) is 59.5 Å². The Hall–Kier alpha value is -2.61. The van der Waals surface area contributed by atoms with Gasteiger partial charge < -0.3 is 55.3 Å². The number of carbonyl (C=O) groups excluding carboxylic acids is 5. The normalized spacial score (nSPS) is 14.6. The molecule has 1 saturated heterocycles. The van der Waals surface area contributed by atoms with Gasteiger partial charge in [0.1, 0.15) is 0 Å². The van der Waals surface area contributed by atoms with E-state index in [9.17, 15) is 28.8 Å². The molecule has 2 unspecified atom stereocenters. The Bertz CT molecular complexity index is 1250. The Morgan fingerprint density at radius 2 is 1.17 bits per heavy atom. The summed E-state index contributed by atoms with van der Waals surface area (Å²) < 4.78 is 60.8. The van der Waals surface area contributed by atoms with Crippen molar-refractivity contribution >= 4 is 62.2 Å². The van der Waals surface area contributed by atoms with E-state index in [4.69, 9.17) is 50.6 Å². The van der Waals surface area contributed by atoms with Gasteiger partial charge in [0.2, 0.25) is 0 Å². The van der Waals surface area contributed by atoms with Crippen molar-refractivity contribution in [2.24, 2.45) is 11.8 Å². The van der Waals surface area contributed by atoms with E-state index in [1.165, 1.54) is 0 Å². The highest BCUT2D eigenvalue weighted by Crippen LogP contribution is 2.35. The van der Waals surface area contributed by atoms with Gasteiger partial charge in [-0.3, -0.25) is 28.8 Å². The lowest BCUT2D eigenvalue weighted by molar-refractivity contribution is -0.163. The zero-order valence-electron chi connectivity index (χ0n) is 40.6. The summed E-state index contributed by atoms with van der Waals surface area (Å²) in [7, 11) is -6.92. The Morgan fingerprint density at radius 1 is 0.698 bits per heavy atom. The van der Waals surface area contributed by atoms with Crippen molar-refractivity contribution in [3.8, 4) is 0 Å². The first-order valence-electron chi connectivity index (χ1n) is 22.9. The van der Waals surface area contributed by atoms with Crippen LogP contribution in [-0.4, -0.2) is 138 Å². The molecule has 21 heteroatoms. The van der Waals surface area contributed by atoms with Crippen LogP contribution in [0.2, 0.25) is 19.1 Å². The maximum absolute atomic E-state index is 12.1. The van der Waals surface area contributed by atoms with E-state index in [1.807, 2.05) is 62.3 Å². The minimum Gasteiger partial charge on any atom is -0.481 e. The van der Waals surface area contributed by atoms with Crippen molar-refractivity contribution < 1.29 is 84.1 Å². The average Bonchev–Trinajstić information content (AvgIpc) is 3.56. The number of cyclic esters (lactones) is 2. The van der Waals surface area contributed by atoms with Crippen LogP contribution in [0.25, 0.3) is 0 Å². The number of hydrogen-bond donors (Lipinski definition) is 1. The molecule has 0 radical (unpaired) electrons. The van der Waals surface area contributed by atoms with Crippen molar-refractivity contribution in [1.82, 2.24) is 0 Å². The molecule has 0 aromatic rings. The van der Waals surface area contributed by atoms with Crippen molar-refractivity contribution in [3.63, 3.8) is 0 Å². The average molecular weight is 959 g/mol. The van der Waals surface area contributed by atoms with E-state index >= 15 is 0 Å². The number of esters is 5. The first-order chi connectivity index (χ1) is 29.9. The highest BCUT2D eigenvalue weighted by atomic mass is 28.4. The molecule has 1 N–H and O–H groups in total. The van der Waals surface area contributed by atoms with Crippen LogP contribution in [0.3, 0.4) is 0 Å². The highest BCUT2D eigenvalue weighted by molar-refractivity contribution is 6.64. The van der Waals surface area contributed by atoms with Gasteiger partial charge >= 0.3 is 53.4 Å². The number of rotatable bonds is 33. The molecule has 63 heavy (non-hydrogen) atoms. The second kappa shape index (κ2) is 35.6. The number of carbonyl (C=O) groups is 6. The van der Waals surface area contributed by atoms with Crippen molar-refractivity contribution in [2.45, 2.75) is 164 Å². The number of carboxylic acids is 1. The van der Waals surface area contributed by atoms with E-state index < -0.39 is 61.4 Å². The molecule has 0 aromatic carbocycles. The second-order valence-electron chi connectivity index (χ2n) is 14.4. The van der Waals surface area contributed by atoms with Crippen LogP contribution in [-0.2, 0) is 79.0 Å². The van der Waals surface area contributed by atoms with Gasteiger partial charge in [0.25, 0.3) is 0 Å². The SMILES string of the molecule is CCOC(=O)C(CCC[Si](OCC)(OCC)OCC)C(=O)OCC.CCOC(CCC1CC(=O)OC1=O)[SiH](C)C.CCO[Si](OCC)(OCC)C(CC)(CC)OC(=O)CCC(=O)O. The predicted octanol–water partition coefficient (Wildman–Crippen LogP) is 6.39. The molecule has 1 heterocycles. The van der Waals surface area contributed by atoms with Gasteiger partial charge in [-0.1, -0.05) is 26.9 Å². The van der Waals surface area contributed by atoms with E-state index in [2.05, 4.69) is 17.8 Å². The molecule has 1 rings (SSSR count). The largest absolute Gasteiger partial charge is 0.547 e. The second-order valence-corrected chi connectivity index (χ2v) is 23.2. The fraction of sp³-hybridized carbons (Fsp3) is 0.857. The Morgan fingerprint density at radius 3 is 1.52 bits per heavy atom. The molecule has 0 saturated carbocycles. The number of carboxylic acid groups (broad SMARTS) is 1. The van der Waals surface area contributed by atoms with Gasteiger partial charge in [-0.15, -0.1) is 0 Å². The summed E-state index contributed by atoms with van der Waals surface area (Å²) in [6, 6.07) is 0.540. The summed E-state index contributed by atoms with van der Waals surface area (Å²) in [6.07, 6.45) is 3.17. The zero-order valence-corrected chi connectivity index (χ0v) is 43.8. The molecule has 18 nitrogen and oxygen atoms in total. The Labute approximate surface area is 380 Å². The first-order valence-corrected chi connectivity index (χ1v) is 29.5. The fourth-order valence-electron chi connectivity index (χ4n) is 6.73. The Balaban J connectivity index is 0. The third kappa shape index (κ3) is 23.4. The molecule has 0 aliphatic carbocycles. The Kier molecular flexibility index (Phi) is 35.3. The molecule has 1 aliphatic heterocycles. The summed E-state index contributed by atoms with van der Waals surface area (Å²) in [5.41, 5.74) is 0.300. The zero-order chi connectivity index (χ0) is 48.5. The predicted molar refractivity (Wildman–Crippen MR) is 241 cm³/mol. The van der Waals surface area contributed by atoms with Crippen LogP contribution in [0.1, 0.15) is 134 Å². The third-order valence-electron chi connectivity index (χ3n) is 9.65. The van der Waals surface area contributed by atoms with Gasteiger partial charge in [0.15, 0.2) is 11.1 Å². The van der Waals surface area contributed by atoms with E-state index in [0.29, 0.717) is 90.1 Å². The van der Waals surface area contributed by atoms with Gasteiger partial charge in [0, 0.05) is 58.0 Å². The fourth-order valence-corrected chi connectivity index (χ4v) is 14.1. The van der Waals surface area contributed by atoms with Crippen molar-refractivity contribution in [3.05, 3.63) is 0 Å². The molecule has 0 amide bonds. The van der Waals surface area contributed by atoms with E-state index in [1.54, 1.807) is 13.8 Å². The number of aliphatic carboxylic acids is 1. The lowest BCUT2D eigenvalue weighted by atomic mass is 10.0. The molecular weight excluding hydrogens is 877 g/mol. The smallest absolute Gasteiger partial charge is 0.481 e. The van der Waals surface area contributed by atoms with Crippen molar-refractivity contribution in [1.29, 1.82) is 0 Å². The van der Waals surface area contributed by atoms with Crippen LogP contribution in [0, 0.1) is 11.8 Å². The first kappa shape index (κ1) is 62.5. The molecular formula is C42H82O18Si3. The van der Waals surface area contributed by atoms with Crippen LogP contribution in [0.5, 0.6) is 0 Å². The maximum atomic E-state index is 12.1. The third-order valence-corrected chi connectivity index (χ3v) is 18.7. The molecule has 0 bridgehead atoms. The standard InChI is InChI=1S/C16H32O7Si.C15H30O7Si.C11H20O4Si/c1-6-19-15(17)14(16(18)20-7-2)12-11-13-24(21-8-3,22-9-4)23-10-5;1-6-15(7-2,22-14(18)12-11-13(16)17)23(19-8-3,20-9-4)21-10-5;1-4-14-10(16(2)3)6-5-8-7-9(12)15-11(8)13/h14H,6-13H2,1-5H3;6-12H2,1-5H3,(H,16,17);8,10,16H,4-7H2,1-3H3. The summed E-state index contributed by atoms with van der Waals surface area (Å²) in [6.45, 7) is 28.6. The summed E-state index contributed by atoms with van der Waals surface area (Å²) in [5.74, 6) is -4.60. The van der Waals surface area contributed by atoms with Crippen LogP contribution in [0.4, 0.5) is 0 Å². The topological polar surface area (TPSA) is 224 Å². The molecule has 1 fully saturated rings. The lowest BCUT2D eigenvalue weighted by Crippen LogP contribution is -2.66. The van der Waals surface area contributed by atoms with Gasteiger partial charge in [-0.2, -0.15) is 0 Å². The molecule has 2 atom stereocenters. The van der Waals surface area contributed by atoms with E-state index in [-0.39, 0.29) is 50.3 Å². The summed E-state index contributed by atoms with van der Waals surface area (Å²) in [5, 5.41) is 7.71. The van der Waals surface area contributed by atoms with Gasteiger partial charge in [0.05, 0.1) is 47.2 Å². The van der Waals surface area contributed by atoms with Crippen LogP contribution >= 0.6 is 0 Å². The van der Waals surface area contributed by atoms with Gasteiger partial charge in [-0.25, -0.2) is 0 Å². The van der Waals surface area contributed by atoms with Crippen LogP contribution in [0.15, 0.2) is 0 Å². The molecule has 0 spiro atoms. The molecule has 1 aliphatic rings. The van der Waals surface area contributed by atoms with E-state index in [0.717, 1.165) is 6.42 Å². The minimum absolute atomic E-state index is 0.189. The summed E-state index contributed by atoms with van der Waals surface area (Å²) >= 11 is 0. The summed E-state index contributed by atoms with van der Waals surface area (Å²) in [4.78, 5) is 68.9. The maximum Gasteiger partial charge on any atom is 0.547 e. The number of ether oxygens (including phenoxy) is 5. The number of hydrogen-bond acceptors (Lipinski definition) is 17. The highest BCUT2D eigenvalue weighted by Gasteiger charge is 2.62. The molecule has 0 aromatic heterocycles. The molecule has 370 valence electrons.